The number of rotatable bonds is 7. The smallest absolute Gasteiger partial charge is 0.244 e. The van der Waals surface area contributed by atoms with E-state index in [1.54, 1.807) is 4.68 Å². The molecule has 1 amide bonds. The average molecular weight is 252 g/mol. The van der Waals surface area contributed by atoms with Crippen LogP contribution < -0.4 is 10.6 Å². The standard InChI is InChI=1S/C13H24N4O/c1-5-6-14-7-8-15-13(18)12(4)17-11(3)9-10(2)16-17/h9,12,14H,5-8H2,1-4H3,(H,15,18). The lowest BCUT2D eigenvalue weighted by Crippen LogP contribution is -2.36. The summed E-state index contributed by atoms with van der Waals surface area (Å²) in [6.07, 6.45) is 1.11. The van der Waals surface area contributed by atoms with Crippen LogP contribution in [-0.4, -0.2) is 35.3 Å². The lowest BCUT2D eigenvalue weighted by Gasteiger charge is -2.14. The Morgan fingerprint density at radius 3 is 2.67 bits per heavy atom. The van der Waals surface area contributed by atoms with Crippen molar-refractivity contribution < 1.29 is 4.79 Å². The van der Waals surface area contributed by atoms with Gasteiger partial charge < -0.3 is 10.6 Å². The first-order valence-electron chi connectivity index (χ1n) is 6.57. The molecule has 0 saturated carbocycles. The molecule has 0 aromatic carbocycles. The second-order valence-corrected chi connectivity index (χ2v) is 4.59. The molecule has 5 heteroatoms. The minimum absolute atomic E-state index is 0.0134. The Kier molecular flexibility index (Phi) is 5.85. The van der Waals surface area contributed by atoms with E-state index in [9.17, 15) is 4.79 Å². The van der Waals surface area contributed by atoms with Crippen molar-refractivity contribution >= 4 is 5.91 Å². The Balaban J connectivity index is 2.39. The molecular formula is C13H24N4O. The summed E-state index contributed by atoms with van der Waals surface area (Å²) in [5.41, 5.74) is 1.95. The molecule has 1 heterocycles. The van der Waals surface area contributed by atoms with E-state index in [1.165, 1.54) is 0 Å². The van der Waals surface area contributed by atoms with Gasteiger partial charge in [0.05, 0.1) is 5.69 Å². The van der Waals surface area contributed by atoms with Gasteiger partial charge in [-0.15, -0.1) is 0 Å². The lowest BCUT2D eigenvalue weighted by atomic mass is 10.3. The van der Waals surface area contributed by atoms with Gasteiger partial charge in [0.15, 0.2) is 0 Å². The fourth-order valence-electron chi connectivity index (χ4n) is 1.87. The highest BCUT2D eigenvalue weighted by Crippen LogP contribution is 2.10. The molecule has 1 aromatic rings. The average Bonchev–Trinajstić information content (AvgIpc) is 2.67. The second-order valence-electron chi connectivity index (χ2n) is 4.59. The molecule has 18 heavy (non-hydrogen) atoms. The first-order chi connectivity index (χ1) is 8.56. The van der Waals surface area contributed by atoms with Crippen LogP contribution in [0.5, 0.6) is 0 Å². The molecule has 0 fully saturated rings. The molecule has 2 N–H and O–H groups in total. The van der Waals surface area contributed by atoms with Crippen LogP contribution >= 0.6 is 0 Å². The zero-order valence-electron chi connectivity index (χ0n) is 11.8. The molecule has 5 nitrogen and oxygen atoms in total. The minimum atomic E-state index is -0.259. The number of nitrogens with zero attached hydrogens (tertiary/aromatic N) is 2. The zero-order valence-corrected chi connectivity index (χ0v) is 11.8. The molecule has 1 unspecified atom stereocenters. The normalized spacial score (nSPS) is 12.4. The third-order valence-corrected chi connectivity index (χ3v) is 2.82. The van der Waals surface area contributed by atoms with Crippen molar-refractivity contribution in [2.24, 2.45) is 0 Å². The monoisotopic (exact) mass is 252 g/mol. The molecule has 0 radical (unpaired) electrons. The molecule has 0 aliphatic carbocycles. The lowest BCUT2D eigenvalue weighted by molar-refractivity contribution is -0.124. The van der Waals surface area contributed by atoms with Crippen molar-refractivity contribution in [3.8, 4) is 0 Å². The van der Waals surface area contributed by atoms with Gasteiger partial charge in [0.1, 0.15) is 6.04 Å². The summed E-state index contributed by atoms with van der Waals surface area (Å²) in [5, 5.41) is 10.5. The van der Waals surface area contributed by atoms with E-state index in [4.69, 9.17) is 0 Å². The first kappa shape index (κ1) is 14.7. The Hall–Kier alpha value is -1.36. The number of carbonyl (C=O) groups excluding carboxylic acids is 1. The fraction of sp³-hybridized carbons (Fsp3) is 0.692. The number of carbonyl (C=O) groups is 1. The maximum atomic E-state index is 11.9. The second kappa shape index (κ2) is 7.16. The fourth-order valence-corrected chi connectivity index (χ4v) is 1.87. The Morgan fingerprint density at radius 2 is 2.11 bits per heavy atom. The number of hydrogen-bond acceptors (Lipinski definition) is 3. The van der Waals surface area contributed by atoms with Gasteiger partial charge in [-0.25, -0.2) is 0 Å². The first-order valence-corrected chi connectivity index (χ1v) is 6.57. The summed E-state index contributed by atoms with van der Waals surface area (Å²) in [6.45, 7) is 10.3. The maximum Gasteiger partial charge on any atom is 0.244 e. The van der Waals surface area contributed by atoms with E-state index < -0.39 is 0 Å². The van der Waals surface area contributed by atoms with Crippen molar-refractivity contribution in [3.63, 3.8) is 0 Å². The van der Waals surface area contributed by atoms with Gasteiger partial charge in [0.25, 0.3) is 0 Å². The van der Waals surface area contributed by atoms with Gasteiger partial charge in [0.2, 0.25) is 5.91 Å². The predicted octanol–water partition coefficient (Wildman–Crippen LogP) is 1.18. The van der Waals surface area contributed by atoms with Crippen LogP contribution in [0.1, 0.15) is 37.7 Å². The van der Waals surface area contributed by atoms with E-state index >= 15 is 0 Å². The number of hydrogen-bond donors (Lipinski definition) is 2. The number of nitrogens with one attached hydrogen (secondary N) is 2. The van der Waals surface area contributed by atoms with Crippen molar-refractivity contribution in [1.29, 1.82) is 0 Å². The largest absolute Gasteiger partial charge is 0.353 e. The summed E-state index contributed by atoms with van der Waals surface area (Å²) in [4.78, 5) is 11.9. The molecule has 102 valence electrons. The summed E-state index contributed by atoms with van der Waals surface area (Å²) in [5.74, 6) is 0.0134. The summed E-state index contributed by atoms with van der Waals surface area (Å²) in [6, 6.07) is 1.72. The van der Waals surface area contributed by atoms with Crippen LogP contribution in [0.2, 0.25) is 0 Å². The summed E-state index contributed by atoms with van der Waals surface area (Å²) in [7, 11) is 0. The minimum Gasteiger partial charge on any atom is -0.353 e. The van der Waals surface area contributed by atoms with Crippen molar-refractivity contribution in [3.05, 3.63) is 17.5 Å². The number of aromatic nitrogens is 2. The van der Waals surface area contributed by atoms with Crippen LogP contribution in [0, 0.1) is 13.8 Å². The number of aryl methyl sites for hydroxylation is 2. The predicted molar refractivity (Wildman–Crippen MR) is 72.6 cm³/mol. The molecule has 0 spiro atoms. The van der Waals surface area contributed by atoms with Gasteiger partial charge in [0, 0.05) is 18.8 Å². The maximum absolute atomic E-state index is 11.9. The number of amides is 1. The van der Waals surface area contributed by atoms with Crippen LogP contribution in [0.4, 0.5) is 0 Å². The third kappa shape index (κ3) is 4.14. The quantitative estimate of drug-likeness (QED) is 0.716. The summed E-state index contributed by atoms with van der Waals surface area (Å²) < 4.78 is 1.77. The van der Waals surface area contributed by atoms with Crippen molar-refractivity contribution in [2.45, 2.75) is 40.2 Å². The molecule has 1 aromatic heterocycles. The Labute approximate surface area is 109 Å². The molecule has 0 aliphatic rings. The third-order valence-electron chi connectivity index (χ3n) is 2.82. The highest BCUT2D eigenvalue weighted by atomic mass is 16.2. The van der Waals surface area contributed by atoms with E-state index in [1.807, 2.05) is 26.8 Å². The van der Waals surface area contributed by atoms with E-state index in [2.05, 4.69) is 22.7 Å². The van der Waals surface area contributed by atoms with Crippen LogP contribution in [0.25, 0.3) is 0 Å². The van der Waals surface area contributed by atoms with Crippen molar-refractivity contribution in [1.82, 2.24) is 20.4 Å². The molecule has 1 rings (SSSR count). The van der Waals surface area contributed by atoms with Gasteiger partial charge in [-0.3, -0.25) is 9.48 Å². The van der Waals surface area contributed by atoms with Gasteiger partial charge in [-0.1, -0.05) is 6.92 Å². The molecular weight excluding hydrogens is 228 g/mol. The van der Waals surface area contributed by atoms with Crippen molar-refractivity contribution in [2.75, 3.05) is 19.6 Å². The zero-order chi connectivity index (χ0) is 13.5. The Morgan fingerprint density at radius 1 is 1.39 bits per heavy atom. The summed E-state index contributed by atoms with van der Waals surface area (Å²) >= 11 is 0. The van der Waals surface area contributed by atoms with Gasteiger partial charge in [-0.2, -0.15) is 5.10 Å². The van der Waals surface area contributed by atoms with E-state index in [0.717, 1.165) is 30.9 Å². The van der Waals surface area contributed by atoms with E-state index in [0.29, 0.717) is 6.54 Å². The highest BCUT2D eigenvalue weighted by molar-refractivity contribution is 5.79. The molecule has 0 aliphatic heterocycles. The molecule has 0 bridgehead atoms. The topological polar surface area (TPSA) is 58.9 Å². The Bertz CT molecular complexity index is 386. The van der Waals surface area contributed by atoms with Gasteiger partial charge in [-0.05, 0) is 39.8 Å². The van der Waals surface area contributed by atoms with Crippen LogP contribution in [-0.2, 0) is 4.79 Å². The van der Waals surface area contributed by atoms with Crippen LogP contribution in [0.15, 0.2) is 6.07 Å². The van der Waals surface area contributed by atoms with E-state index in [-0.39, 0.29) is 11.9 Å². The molecule has 1 atom stereocenters. The SMILES string of the molecule is CCCNCCNC(=O)C(C)n1nc(C)cc1C. The van der Waals surface area contributed by atoms with Crippen LogP contribution in [0.3, 0.4) is 0 Å². The molecule has 0 saturated heterocycles. The highest BCUT2D eigenvalue weighted by Gasteiger charge is 2.16. The van der Waals surface area contributed by atoms with Gasteiger partial charge >= 0.3 is 0 Å².